The number of H-pyrrole nitrogens is 1. The Bertz CT molecular complexity index is 779. The van der Waals surface area contributed by atoms with Crippen LogP contribution >= 0.6 is 0 Å². The van der Waals surface area contributed by atoms with E-state index in [4.69, 9.17) is 4.74 Å². The van der Waals surface area contributed by atoms with E-state index in [1.165, 1.54) is 4.90 Å². The summed E-state index contributed by atoms with van der Waals surface area (Å²) in [6.07, 6.45) is 5.43. The molecular weight excluding hydrogens is 348 g/mol. The van der Waals surface area contributed by atoms with E-state index in [1.54, 1.807) is 19.0 Å². The van der Waals surface area contributed by atoms with Gasteiger partial charge in [-0.1, -0.05) is 6.42 Å². The fourth-order valence-electron chi connectivity index (χ4n) is 4.70. The van der Waals surface area contributed by atoms with Crippen LogP contribution in [0.25, 0.3) is 0 Å². The second kappa shape index (κ2) is 6.65. The van der Waals surface area contributed by atoms with Gasteiger partial charge < -0.3 is 14.5 Å². The first-order valence-corrected chi connectivity index (χ1v) is 9.70. The highest BCUT2D eigenvalue weighted by molar-refractivity contribution is 5.94. The Balaban J connectivity index is 1.56. The van der Waals surface area contributed by atoms with Gasteiger partial charge in [0.05, 0.1) is 12.3 Å². The van der Waals surface area contributed by atoms with Gasteiger partial charge in [-0.3, -0.25) is 19.5 Å². The molecule has 8 heteroatoms. The predicted octanol–water partition coefficient (Wildman–Crippen LogP) is 1.26. The number of fused-ring (bicyclic) bond motifs is 1. The number of aromatic amines is 1. The number of ether oxygens (including phenoxy) is 1. The van der Waals surface area contributed by atoms with E-state index in [-0.39, 0.29) is 24.2 Å². The largest absolute Gasteiger partial charge is 0.458 e. The molecule has 0 unspecified atom stereocenters. The van der Waals surface area contributed by atoms with Crippen molar-refractivity contribution in [3.63, 3.8) is 0 Å². The zero-order valence-electron chi connectivity index (χ0n) is 15.9. The highest BCUT2D eigenvalue weighted by Gasteiger charge is 2.54. The molecular formula is C19H26N4O4. The molecule has 4 rings (SSSR count). The highest BCUT2D eigenvalue weighted by Crippen LogP contribution is 2.45. The van der Waals surface area contributed by atoms with Crippen molar-refractivity contribution in [3.05, 3.63) is 17.0 Å². The Kier molecular flexibility index (Phi) is 4.44. The number of amides is 2. The van der Waals surface area contributed by atoms with Gasteiger partial charge in [0.2, 0.25) is 5.91 Å². The Labute approximate surface area is 158 Å². The molecule has 1 aromatic rings. The van der Waals surface area contributed by atoms with Gasteiger partial charge in [-0.25, -0.2) is 0 Å². The Morgan fingerprint density at radius 2 is 2.00 bits per heavy atom. The van der Waals surface area contributed by atoms with Crippen molar-refractivity contribution in [2.45, 2.75) is 57.1 Å². The van der Waals surface area contributed by atoms with E-state index in [2.05, 4.69) is 10.2 Å². The van der Waals surface area contributed by atoms with E-state index >= 15 is 0 Å². The lowest BCUT2D eigenvalue weighted by Crippen LogP contribution is -2.48. The minimum Gasteiger partial charge on any atom is -0.458 e. The molecule has 8 nitrogen and oxygen atoms in total. The van der Waals surface area contributed by atoms with Gasteiger partial charge >= 0.3 is 5.97 Å². The maximum absolute atomic E-state index is 13.3. The Morgan fingerprint density at radius 3 is 2.70 bits per heavy atom. The molecule has 1 spiro atoms. The molecule has 0 radical (unpaired) electrons. The molecule has 0 bridgehead atoms. The molecule has 1 aromatic heterocycles. The standard InChI is InChI=1S/C19H26N4O4/c1-22(2)18(26)16-12-11-23(9-6-14(12)20-21-16)17(25)13-10-15(24)27-19(13)7-4-3-5-8-19/h13H,3-11H2,1-2H3,(H,20,21)/t13-/m1/s1. The third kappa shape index (κ3) is 3.00. The smallest absolute Gasteiger partial charge is 0.307 e. The van der Waals surface area contributed by atoms with Gasteiger partial charge in [-0.2, -0.15) is 5.10 Å². The van der Waals surface area contributed by atoms with Crippen LogP contribution in [0, 0.1) is 5.92 Å². The number of rotatable bonds is 2. The molecule has 3 heterocycles. The molecule has 27 heavy (non-hydrogen) atoms. The second-order valence-corrected chi connectivity index (χ2v) is 8.09. The molecule has 1 aliphatic carbocycles. The number of hydrogen-bond acceptors (Lipinski definition) is 5. The maximum atomic E-state index is 13.3. The fourth-order valence-corrected chi connectivity index (χ4v) is 4.70. The van der Waals surface area contributed by atoms with E-state index < -0.39 is 11.5 Å². The minimum atomic E-state index is -0.620. The van der Waals surface area contributed by atoms with Crippen LogP contribution in [0.15, 0.2) is 0 Å². The van der Waals surface area contributed by atoms with E-state index in [0.29, 0.717) is 25.2 Å². The number of carbonyl (C=O) groups excluding carboxylic acids is 3. The average molecular weight is 374 g/mol. The third-order valence-electron chi connectivity index (χ3n) is 6.17. The maximum Gasteiger partial charge on any atom is 0.307 e. The molecule has 146 valence electrons. The van der Waals surface area contributed by atoms with Crippen molar-refractivity contribution in [1.82, 2.24) is 20.0 Å². The van der Waals surface area contributed by atoms with Crippen LogP contribution < -0.4 is 0 Å². The van der Waals surface area contributed by atoms with Crippen molar-refractivity contribution in [2.24, 2.45) is 5.92 Å². The summed E-state index contributed by atoms with van der Waals surface area (Å²) in [7, 11) is 3.37. The molecule has 1 saturated carbocycles. The molecule has 3 aliphatic rings. The lowest BCUT2D eigenvalue weighted by atomic mass is 9.75. The van der Waals surface area contributed by atoms with E-state index in [9.17, 15) is 14.4 Å². The summed E-state index contributed by atoms with van der Waals surface area (Å²) in [6, 6.07) is 0. The number of nitrogens with one attached hydrogen (secondary N) is 1. The van der Waals surface area contributed by atoms with Crippen molar-refractivity contribution >= 4 is 17.8 Å². The molecule has 1 saturated heterocycles. The van der Waals surface area contributed by atoms with E-state index in [1.807, 2.05) is 0 Å². The molecule has 1 atom stereocenters. The summed E-state index contributed by atoms with van der Waals surface area (Å²) in [6.45, 7) is 0.907. The zero-order valence-corrected chi connectivity index (χ0v) is 15.9. The second-order valence-electron chi connectivity index (χ2n) is 8.09. The van der Waals surface area contributed by atoms with Crippen LogP contribution in [0.4, 0.5) is 0 Å². The monoisotopic (exact) mass is 374 g/mol. The fraction of sp³-hybridized carbons (Fsp3) is 0.684. The SMILES string of the molecule is CN(C)C(=O)c1n[nH]c2c1CN(C(=O)[C@H]1CC(=O)OC13CCCCC3)CC2. The molecule has 2 amide bonds. The predicted molar refractivity (Wildman–Crippen MR) is 95.7 cm³/mol. The lowest BCUT2D eigenvalue weighted by molar-refractivity contribution is -0.156. The van der Waals surface area contributed by atoms with Crippen LogP contribution in [0.1, 0.15) is 60.3 Å². The van der Waals surface area contributed by atoms with Crippen LogP contribution in [0.3, 0.4) is 0 Å². The topological polar surface area (TPSA) is 95.6 Å². The van der Waals surface area contributed by atoms with Gasteiger partial charge in [0.1, 0.15) is 5.60 Å². The Morgan fingerprint density at radius 1 is 1.26 bits per heavy atom. The third-order valence-corrected chi connectivity index (χ3v) is 6.17. The van der Waals surface area contributed by atoms with Crippen LogP contribution in [-0.4, -0.2) is 64.0 Å². The summed E-state index contributed by atoms with van der Waals surface area (Å²) >= 11 is 0. The molecule has 2 aliphatic heterocycles. The first kappa shape index (κ1) is 18.0. The first-order valence-electron chi connectivity index (χ1n) is 9.70. The van der Waals surface area contributed by atoms with Gasteiger partial charge in [0, 0.05) is 44.9 Å². The summed E-state index contributed by atoms with van der Waals surface area (Å²) < 4.78 is 5.70. The quantitative estimate of drug-likeness (QED) is 0.787. The van der Waals surface area contributed by atoms with Crippen molar-refractivity contribution in [1.29, 1.82) is 0 Å². The summed E-state index contributed by atoms with van der Waals surface area (Å²) in [5.41, 5.74) is 1.45. The molecule has 2 fully saturated rings. The number of hydrogen-bond donors (Lipinski definition) is 1. The lowest BCUT2D eigenvalue weighted by Gasteiger charge is -2.38. The normalized spacial score (nSPS) is 23.9. The number of nitrogens with zero attached hydrogens (tertiary/aromatic N) is 3. The summed E-state index contributed by atoms with van der Waals surface area (Å²) in [5.74, 6) is -0.880. The van der Waals surface area contributed by atoms with Crippen molar-refractivity contribution in [2.75, 3.05) is 20.6 Å². The highest BCUT2D eigenvalue weighted by atomic mass is 16.6. The average Bonchev–Trinajstić information content (AvgIpc) is 3.21. The summed E-state index contributed by atoms with van der Waals surface area (Å²) in [4.78, 5) is 41.0. The first-order chi connectivity index (χ1) is 12.9. The van der Waals surface area contributed by atoms with Crippen molar-refractivity contribution < 1.29 is 19.1 Å². The van der Waals surface area contributed by atoms with E-state index in [0.717, 1.165) is 43.4 Å². The molecule has 0 aromatic carbocycles. The van der Waals surface area contributed by atoms with Gasteiger partial charge in [-0.05, 0) is 25.7 Å². The van der Waals surface area contributed by atoms with Crippen molar-refractivity contribution in [3.8, 4) is 0 Å². The van der Waals surface area contributed by atoms with Gasteiger partial charge in [-0.15, -0.1) is 0 Å². The summed E-state index contributed by atoms with van der Waals surface area (Å²) in [5, 5.41) is 7.11. The Hall–Kier alpha value is -2.38. The number of aromatic nitrogens is 2. The zero-order chi connectivity index (χ0) is 19.2. The van der Waals surface area contributed by atoms with Crippen LogP contribution in [0.2, 0.25) is 0 Å². The molecule has 1 N–H and O–H groups in total. The minimum absolute atomic E-state index is 0.0298. The van der Waals surface area contributed by atoms with Gasteiger partial charge in [0.15, 0.2) is 5.69 Å². The van der Waals surface area contributed by atoms with Crippen LogP contribution in [-0.2, 0) is 27.3 Å². The van der Waals surface area contributed by atoms with Gasteiger partial charge in [0.25, 0.3) is 5.91 Å². The number of carbonyl (C=O) groups is 3. The number of esters is 1. The van der Waals surface area contributed by atoms with Crippen LogP contribution in [0.5, 0.6) is 0 Å².